The zero-order valence-electron chi connectivity index (χ0n) is 10.8. The molecule has 0 radical (unpaired) electrons. The van der Waals surface area contributed by atoms with E-state index in [1.807, 2.05) is 0 Å². The number of rotatable bonds is 4. The predicted molar refractivity (Wildman–Crippen MR) is 62.6 cm³/mol. The van der Waals surface area contributed by atoms with Crippen LogP contribution in [0.5, 0.6) is 0 Å². The second-order valence-electron chi connectivity index (χ2n) is 4.16. The fourth-order valence-electron chi connectivity index (χ4n) is 1.93. The van der Waals surface area contributed by atoms with E-state index in [1.54, 1.807) is 11.8 Å². The van der Waals surface area contributed by atoms with E-state index < -0.39 is 5.97 Å². The van der Waals surface area contributed by atoms with Gasteiger partial charge in [0.2, 0.25) is 5.91 Å². The second-order valence-corrected chi connectivity index (χ2v) is 4.16. The predicted octanol–water partition coefficient (Wildman–Crippen LogP) is 0.351. The van der Waals surface area contributed by atoms with Gasteiger partial charge in [0.1, 0.15) is 6.42 Å². The van der Waals surface area contributed by atoms with Crippen molar-refractivity contribution in [2.75, 3.05) is 26.8 Å². The van der Waals surface area contributed by atoms with E-state index in [9.17, 15) is 14.4 Å². The Hall–Kier alpha value is -1.59. The number of esters is 2. The quantitative estimate of drug-likeness (QED) is 0.537. The Morgan fingerprint density at radius 1 is 1.22 bits per heavy atom. The molecule has 0 aromatic rings. The largest absolute Gasteiger partial charge is 0.469 e. The summed E-state index contributed by atoms with van der Waals surface area (Å²) in [5.74, 6) is -1.11. The maximum absolute atomic E-state index is 11.7. The van der Waals surface area contributed by atoms with Crippen molar-refractivity contribution in [2.45, 2.75) is 26.2 Å². The van der Waals surface area contributed by atoms with E-state index in [0.29, 0.717) is 32.5 Å². The number of piperidine rings is 1. The first-order chi connectivity index (χ1) is 8.58. The third-order valence-corrected chi connectivity index (χ3v) is 2.99. The third-order valence-electron chi connectivity index (χ3n) is 2.99. The van der Waals surface area contributed by atoms with Crippen LogP contribution in [-0.4, -0.2) is 49.6 Å². The van der Waals surface area contributed by atoms with Gasteiger partial charge in [-0.25, -0.2) is 0 Å². The van der Waals surface area contributed by atoms with Crippen LogP contribution in [0, 0.1) is 5.92 Å². The Kier molecular flexibility index (Phi) is 5.61. The van der Waals surface area contributed by atoms with E-state index in [2.05, 4.69) is 4.74 Å². The molecule has 0 bridgehead atoms. The van der Waals surface area contributed by atoms with Crippen LogP contribution in [0.15, 0.2) is 0 Å². The Bertz CT molecular complexity index is 320. The molecule has 1 heterocycles. The average molecular weight is 257 g/mol. The summed E-state index contributed by atoms with van der Waals surface area (Å²) in [6.45, 7) is 3.12. The highest BCUT2D eigenvalue weighted by Gasteiger charge is 2.28. The minimum Gasteiger partial charge on any atom is -0.469 e. The monoisotopic (exact) mass is 257 g/mol. The van der Waals surface area contributed by atoms with Crippen molar-refractivity contribution >= 4 is 17.8 Å². The first-order valence-corrected chi connectivity index (χ1v) is 6.09. The van der Waals surface area contributed by atoms with Gasteiger partial charge in [0.15, 0.2) is 0 Å². The van der Waals surface area contributed by atoms with Gasteiger partial charge in [-0.3, -0.25) is 14.4 Å². The molecule has 1 aliphatic heterocycles. The van der Waals surface area contributed by atoms with Gasteiger partial charge >= 0.3 is 11.9 Å². The lowest BCUT2D eigenvalue weighted by Crippen LogP contribution is -2.41. The molecule has 0 atom stereocenters. The summed E-state index contributed by atoms with van der Waals surface area (Å²) in [7, 11) is 1.25. The Labute approximate surface area is 106 Å². The number of carbonyl (C=O) groups excluding carboxylic acids is 3. The number of carbonyl (C=O) groups is 3. The fourth-order valence-corrected chi connectivity index (χ4v) is 1.93. The summed E-state index contributed by atoms with van der Waals surface area (Å²) in [5, 5.41) is 0. The zero-order chi connectivity index (χ0) is 13.5. The first-order valence-electron chi connectivity index (χ1n) is 6.09. The van der Waals surface area contributed by atoms with Gasteiger partial charge < -0.3 is 14.4 Å². The van der Waals surface area contributed by atoms with E-state index >= 15 is 0 Å². The van der Waals surface area contributed by atoms with Crippen LogP contribution in [0.25, 0.3) is 0 Å². The van der Waals surface area contributed by atoms with Gasteiger partial charge in [-0.2, -0.15) is 0 Å². The summed E-state index contributed by atoms with van der Waals surface area (Å²) < 4.78 is 9.38. The Morgan fingerprint density at radius 3 is 2.33 bits per heavy atom. The molecule has 102 valence electrons. The normalized spacial score (nSPS) is 16.2. The summed E-state index contributed by atoms with van der Waals surface area (Å²) >= 11 is 0. The van der Waals surface area contributed by atoms with Crippen LogP contribution in [-0.2, 0) is 23.9 Å². The van der Waals surface area contributed by atoms with Crippen molar-refractivity contribution in [2.24, 2.45) is 5.92 Å². The fraction of sp³-hybridized carbons (Fsp3) is 0.750. The van der Waals surface area contributed by atoms with E-state index in [4.69, 9.17) is 4.74 Å². The highest BCUT2D eigenvalue weighted by Crippen LogP contribution is 2.19. The summed E-state index contributed by atoms with van der Waals surface area (Å²) in [4.78, 5) is 35.7. The standard InChI is InChI=1S/C12H19NO5/c1-3-18-12(16)9-4-6-13(7-5-9)10(14)8-11(15)17-2/h9H,3-8H2,1-2H3. The smallest absolute Gasteiger partial charge is 0.315 e. The molecule has 0 aliphatic carbocycles. The highest BCUT2D eigenvalue weighted by molar-refractivity contribution is 5.94. The van der Waals surface area contributed by atoms with Gasteiger partial charge in [0.25, 0.3) is 0 Å². The Balaban J connectivity index is 2.37. The molecule has 6 heteroatoms. The molecule has 1 fully saturated rings. The van der Waals surface area contributed by atoms with Crippen molar-refractivity contribution < 1.29 is 23.9 Å². The van der Waals surface area contributed by atoms with E-state index in [0.717, 1.165) is 0 Å². The van der Waals surface area contributed by atoms with Gasteiger partial charge in [0, 0.05) is 13.1 Å². The zero-order valence-corrected chi connectivity index (χ0v) is 10.8. The van der Waals surface area contributed by atoms with Crippen LogP contribution >= 0.6 is 0 Å². The molecule has 1 amide bonds. The lowest BCUT2D eigenvalue weighted by molar-refractivity contribution is -0.153. The molecular formula is C12H19NO5. The summed E-state index contributed by atoms with van der Waals surface area (Å²) in [6.07, 6.45) is 0.943. The van der Waals surface area contributed by atoms with Crippen molar-refractivity contribution in [3.8, 4) is 0 Å². The van der Waals surface area contributed by atoms with Crippen LogP contribution in [0.1, 0.15) is 26.2 Å². The maximum Gasteiger partial charge on any atom is 0.315 e. The molecule has 1 aliphatic rings. The van der Waals surface area contributed by atoms with Gasteiger partial charge in [0.05, 0.1) is 19.6 Å². The number of amides is 1. The summed E-state index contributed by atoms with van der Waals surface area (Å²) in [6, 6.07) is 0. The molecule has 0 aromatic heterocycles. The van der Waals surface area contributed by atoms with Crippen molar-refractivity contribution in [3.05, 3.63) is 0 Å². The van der Waals surface area contributed by atoms with Crippen molar-refractivity contribution in [1.29, 1.82) is 0 Å². The van der Waals surface area contributed by atoms with Crippen molar-refractivity contribution in [3.63, 3.8) is 0 Å². The Morgan fingerprint density at radius 2 is 1.83 bits per heavy atom. The molecule has 0 unspecified atom stereocenters. The van der Waals surface area contributed by atoms with Crippen LogP contribution in [0.3, 0.4) is 0 Å². The molecule has 6 nitrogen and oxygen atoms in total. The lowest BCUT2D eigenvalue weighted by Gasteiger charge is -2.30. The van der Waals surface area contributed by atoms with Crippen LogP contribution in [0.2, 0.25) is 0 Å². The topological polar surface area (TPSA) is 72.9 Å². The number of methoxy groups -OCH3 is 1. The molecule has 1 rings (SSSR count). The van der Waals surface area contributed by atoms with Crippen LogP contribution in [0.4, 0.5) is 0 Å². The molecule has 0 aromatic carbocycles. The van der Waals surface area contributed by atoms with Gasteiger partial charge in [-0.15, -0.1) is 0 Å². The maximum atomic E-state index is 11.7. The average Bonchev–Trinajstić information content (AvgIpc) is 2.39. The third kappa shape index (κ3) is 4.01. The number of nitrogens with zero attached hydrogens (tertiary/aromatic N) is 1. The molecule has 0 N–H and O–H groups in total. The van der Waals surface area contributed by atoms with Crippen LogP contribution < -0.4 is 0 Å². The highest BCUT2D eigenvalue weighted by atomic mass is 16.5. The number of hydrogen-bond donors (Lipinski definition) is 0. The second kappa shape index (κ2) is 6.98. The summed E-state index contributed by atoms with van der Waals surface area (Å²) in [5.41, 5.74) is 0. The number of ether oxygens (including phenoxy) is 2. The molecule has 0 saturated carbocycles. The van der Waals surface area contributed by atoms with E-state index in [1.165, 1.54) is 7.11 Å². The first kappa shape index (κ1) is 14.5. The molecule has 18 heavy (non-hydrogen) atoms. The van der Waals surface area contributed by atoms with Crippen molar-refractivity contribution in [1.82, 2.24) is 4.90 Å². The molecule has 1 saturated heterocycles. The number of likely N-dealkylation sites (tertiary alicyclic amines) is 1. The minimum absolute atomic E-state index is 0.132. The van der Waals surface area contributed by atoms with Gasteiger partial charge in [-0.05, 0) is 19.8 Å². The van der Waals surface area contributed by atoms with E-state index in [-0.39, 0.29) is 24.2 Å². The molecule has 0 spiro atoms. The molecular weight excluding hydrogens is 238 g/mol. The minimum atomic E-state index is -0.535. The lowest BCUT2D eigenvalue weighted by atomic mass is 9.97. The van der Waals surface area contributed by atoms with Gasteiger partial charge in [-0.1, -0.05) is 0 Å². The SMILES string of the molecule is CCOC(=O)C1CCN(C(=O)CC(=O)OC)CC1. The number of hydrogen-bond acceptors (Lipinski definition) is 5.